The second-order valence-corrected chi connectivity index (χ2v) is 5.70. The van der Waals surface area contributed by atoms with Crippen LogP contribution < -0.4 is 5.32 Å². The first-order chi connectivity index (χ1) is 7.64. The van der Waals surface area contributed by atoms with Crippen molar-refractivity contribution in [2.45, 2.75) is 26.2 Å². The zero-order valence-electron chi connectivity index (χ0n) is 10.1. The van der Waals surface area contributed by atoms with E-state index in [2.05, 4.69) is 24.4 Å². The van der Waals surface area contributed by atoms with Crippen molar-refractivity contribution in [3.8, 4) is 0 Å². The molecule has 1 aliphatic rings. The van der Waals surface area contributed by atoms with E-state index >= 15 is 0 Å². The molecule has 1 aromatic carbocycles. The van der Waals surface area contributed by atoms with Crippen molar-refractivity contribution < 1.29 is 0 Å². The summed E-state index contributed by atoms with van der Waals surface area (Å²) in [4.78, 5) is 0. The van der Waals surface area contributed by atoms with Crippen LogP contribution in [-0.2, 0) is 6.42 Å². The van der Waals surface area contributed by atoms with Crippen LogP contribution in [0.5, 0.6) is 0 Å². The Balaban J connectivity index is 2.07. The van der Waals surface area contributed by atoms with Gasteiger partial charge in [-0.1, -0.05) is 30.7 Å². The minimum Gasteiger partial charge on any atom is -0.319 e. The molecule has 0 amide bonds. The standard InChI is InChI=1S/C14H20ClN/c1-14(10-16-2,12-5-6-12)9-11-3-7-13(15)8-4-11/h3-4,7-8,12,16H,5-6,9-10H2,1-2H3. The number of rotatable bonds is 5. The van der Waals surface area contributed by atoms with E-state index in [0.717, 1.165) is 23.9 Å². The third-order valence-electron chi connectivity index (χ3n) is 3.66. The van der Waals surface area contributed by atoms with Gasteiger partial charge >= 0.3 is 0 Å². The summed E-state index contributed by atoms with van der Waals surface area (Å²) >= 11 is 5.91. The molecule has 0 aromatic heterocycles. The fourth-order valence-corrected chi connectivity index (χ4v) is 2.73. The van der Waals surface area contributed by atoms with Crippen LogP contribution in [0.1, 0.15) is 25.3 Å². The van der Waals surface area contributed by atoms with Crippen LogP contribution in [0.25, 0.3) is 0 Å². The smallest absolute Gasteiger partial charge is 0.0406 e. The summed E-state index contributed by atoms with van der Waals surface area (Å²) in [6.07, 6.45) is 3.94. The highest BCUT2D eigenvalue weighted by Crippen LogP contribution is 2.47. The maximum Gasteiger partial charge on any atom is 0.0406 e. The van der Waals surface area contributed by atoms with Gasteiger partial charge in [-0.3, -0.25) is 0 Å². The van der Waals surface area contributed by atoms with Crippen molar-refractivity contribution in [3.05, 3.63) is 34.9 Å². The molecule has 16 heavy (non-hydrogen) atoms. The Morgan fingerprint density at radius 1 is 1.31 bits per heavy atom. The lowest BCUT2D eigenvalue weighted by Gasteiger charge is -2.29. The average Bonchev–Trinajstić information content (AvgIpc) is 3.05. The Labute approximate surface area is 103 Å². The highest BCUT2D eigenvalue weighted by atomic mass is 35.5. The number of nitrogens with one attached hydrogen (secondary N) is 1. The van der Waals surface area contributed by atoms with Gasteiger partial charge in [-0.15, -0.1) is 0 Å². The average molecular weight is 238 g/mol. The predicted molar refractivity (Wildman–Crippen MR) is 69.9 cm³/mol. The number of halogens is 1. The molecule has 0 heterocycles. The van der Waals surface area contributed by atoms with Crippen LogP contribution in [0.15, 0.2) is 24.3 Å². The van der Waals surface area contributed by atoms with Gasteiger partial charge < -0.3 is 5.32 Å². The third kappa shape index (κ3) is 2.78. The van der Waals surface area contributed by atoms with E-state index < -0.39 is 0 Å². The van der Waals surface area contributed by atoms with Crippen LogP contribution in [0.4, 0.5) is 0 Å². The van der Waals surface area contributed by atoms with E-state index in [-0.39, 0.29) is 0 Å². The van der Waals surface area contributed by atoms with Crippen LogP contribution >= 0.6 is 11.6 Å². The first kappa shape index (κ1) is 11.9. The van der Waals surface area contributed by atoms with Crippen molar-refractivity contribution in [3.63, 3.8) is 0 Å². The zero-order valence-corrected chi connectivity index (χ0v) is 10.8. The summed E-state index contributed by atoms with van der Waals surface area (Å²) in [6.45, 7) is 3.50. The molecule has 1 nitrogen and oxygen atoms in total. The molecule has 1 unspecified atom stereocenters. The lowest BCUT2D eigenvalue weighted by atomic mass is 9.79. The molecule has 0 radical (unpaired) electrons. The third-order valence-corrected chi connectivity index (χ3v) is 3.92. The normalized spacial score (nSPS) is 19.4. The molecule has 1 atom stereocenters. The monoisotopic (exact) mass is 237 g/mol. The first-order valence-electron chi connectivity index (χ1n) is 6.03. The van der Waals surface area contributed by atoms with Gasteiger partial charge in [-0.25, -0.2) is 0 Å². The van der Waals surface area contributed by atoms with Crippen molar-refractivity contribution in [2.24, 2.45) is 11.3 Å². The molecular formula is C14H20ClN. The van der Waals surface area contributed by atoms with E-state index in [1.807, 2.05) is 19.2 Å². The minimum atomic E-state index is 0.405. The lowest BCUT2D eigenvalue weighted by Crippen LogP contribution is -2.33. The molecular weight excluding hydrogens is 218 g/mol. The Morgan fingerprint density at radius 2 is 1.94 bits per heavy atom. The van der Waals surface area contributed by atoms with E-state index in [9.17, 15) is 0 Å². The van der Waals surface area contributed by atoms with E-state index in [4.69, 9.17) is 11.6 Å². The second-order valence-electron chi connectivity index (χ2n) is 5.26. The molecule has 0 aliphatic heterocycles. The van der Waals surface area contributed by atoms with Gasteiger partial charge in [0.25, 0.3) is 0 Å². The summed E-state index contributed by atoms with van der Waals surface area (Å²) in [6, 6.07) is 8.28. The highest BCUT2D eigenvalue weighted by Gasteiger charge is 2.40. The second kappa shape index (κ2) is 4.77. The fraction of sp³-hybridized carbons (Fsp3) is 0.571. The molecule has 1 fully saturated rings. The maximum atomic E-state index is 5.91. The molecule has 2 rings (SSSR count). The molecule has 1 N–H and O–H groups in total. The van der Waals surface area contributed by atoms with Gasteiger partial charge in [0.05, 0.1) is 0 Å². The molecule has 88 valence electrons. The van der Waals surface area contributed by atoms with Gasteiger partial charge in [-0.2, -0.15) is 0 Å². The van der Waals surface area contributed by atoms with Crippen molar-refractivity contribution in [2.75, 3.05) is 13.6 Å². The topological polar surface area (TPSA) is 12.0 Å². The molecule has 1 saturated carbocycles. The number of benzene rings is 1. The van der Waals surface area contributed by atoms with Gasteiger partial charge in [0, 0.05) is 11.6 Å². The SMILES string of the molecule is CNCC(C)(Cc1ccc(Cl)cc1)C1CC1. The Bertz CT molecular complexity index is 342. The first-order valence-corrected chi connectivity index (χ1v) is 6.41. The molecule has 1 aliphatic carbocycles. The maximum absolute atomic E-state index is 5.91. The number of hydrogen-bond donors (Lipinski definition) is 1. The quantitative estimate of drug-likeness (QED) is 0.827. The summed E-state index contributed by atoms with van der Waals surface area (Å²) < 4.78 is 0. The zero-order chi connectivity index (χ0) is 11.6. The Hall–Kier alpha value is -0.530. The Morgan fingerprint density at radius 3 is 2.44 bits per heavy atom. The summed E-state index contributed by atoms with van der Waals surface area (Å²) in [7, 11) is 2.04. The summed E-state index contributed by atoms with van der Waals surface area (Å²) in [5.74, 6) is 0.899. The van der Waals surface area contributed by atoms with Crippen molar-refractivity contribution in [1.29, 1.82) is 0 Å². The Kier molecular flexibility index (Phi) is 3.56. The molecule has 2 heteroatoms. The van der Waals surface area contributed by atoms with Crippen LogP contribution in [-0.4, -0.2) is 13.6 Å². The van der Waals surface area contributed by atoms with Crippen LogP contribution in [0.3, 0.4) is 0 Å². The highest BCUT2D eigenvalue weighted by molar-refractivity contribution is 6.30. The minimum absolute atomic E-state index is 0.405. The fourth-order valence-electron chi connectivity index (χ4n) is 2.60. The van der Waals surface area contributed by atoms with Gasteiger partial charge in [0.1, 0.15) is 0 Å². The van der Waals surface area contributed by atoms with Crippen LogP contribution in [0.2, 0.25) is 5.02 Å². The summed E-state index contributed by atoms with van der Waals surface area (Å²) in [5, 5.41) is 4.16. The van der Waals surface area contributed by atoms with E-state index in [0.29, 0.717) is 5.41 Å². The van der Waals surface area contributed by atoms with Crippen LogP contribution in [0, 0.1) is 11.3 Å². The summed E-state index contributed by atoms with van der Waals surface area (Å²) in [5.41, 5.74) is 1.80. The molecule has 0 bridgehead atoms. The largest absolute Gasteiger partial charge is 0.319 e. The number of hydrogen-bond acceptors (Lipinski definition) is 1. The molecule has 1 aromatic rings. The van der Waals surface area contributed by atoms with Gasteiger partial charge in [-0.05, 0) is 55.3 Å². The molecule has 0 saturated heterocycles. The van der Waals surface area contributed by atoms with E-state index in [1.54, 1.807) is 0 Å². The molecule has 0 spiro atoms. The van der Waals surface area contributed by atoms with Crippen molar-refractivity contribution >= 4 is 11.6 Å². The van der Waals surface area contributed by atoms with Crippen molar-refractivity contribution in [1.82, 2.24) is 5.32 Å². The predicted octanol–water partition coefficient (Wildman–Crippen LogP) is 3.52. The van der Waals surface area contributed by atoms with E-state index in [1.165, 1.54) is 18.4 Å². The van der Waals surface area contributed by atoms with Gasteiger partial charge in [0.2, 0.25) is 0 Å². The lowest BCUT2D eigenvalue weighted by molar-refractivity contribution is 0.263. The van der Waals surface area contributed by atoms with Gasteiger partial charge in [0.15, 0.2) is 0 Å².